The van der Waals surface area contributed by atoms with E-state index in [4.69, 9.17) is 9.15 Å². The van der Waals surface area contributed by atoms with Gasteiger partial charge < -0.3 is 24.1 Å². The fraction of sp³-hybridized carbons (Fsp3) is 0.320. The van der Waals surface area contributed by atoms with Gasteiger partial charge in [0, 0.05) is 29.8 Å². The Hall–Kier alpha value is -3.09. The summed E-state index contributed by atoms with van der Waals surface area (Å²) < 4.78 is 11.3. The molecular formula is C25H28N2O4. The Balaban J connectivity index is 1.55. The smallest absolute Gasteiger partial charge is 0.254 e. The van der Waals surface area contributed by atoms with E-state index in [1.165, 1.54) is 0 Å². The summed E-state index contributed by atoms with van der Waals surface area (Å²) in [5.74, 6) is 1.48. The summed E-state index contributed by atoms with van der Waals surface area (Å²) >= 11 is 0. The van der Waals surface area contributed by atoms with Gasteiger partial charge in [0.2, 0.25) is 0 Å². The van der Waals surface area contributed by atoms with Gasteiger partial charge in [0.05, 0.1) is 18.4 Å². The van der Waals surface area contributed by atoms with E-state index in [-0.39, 0.29) is 5.91 Å². The fourth-order valence-corrected chi connectivity index (χ4v) is 4.01. The monoisotopic (exact) mass is 420 g/mol. The van der Waals surface area contributed by atoms with Gasteiger partial charge in [-0.15, -0.1) is 0 Å². The molecule has 0 fully saturated rings. The van der Waals surface area contributed by atoms with Crippen LogP contribution in [0.5, 0.6) is 5.75 Å². The molecule has 0 saturated heterocycles. The first-order valence-electron chi connectivity index (χ1n) is 10.4. The standard InChI is InChI=1S/C25H28N2O4/c1-25(29,17-26(2)3)21-10-11-23-20(15-21)16-27(12-14-31-23)24(28)19-8-6-18(7-9-19)22-5-4-13-30-22/h4-11,13,15,29H,12,14,16-17H2,1-3H3. The molecule has 1 aliphatic rings. The van der Waals surface area contributed by atoms with Crippen LogP contribution in [0.1, 0.15) is 28.4 Å². The molecule has 0 radical (unpaired) electrons. The lowest BCUT2D eigenvalue weighted by atomic mass is 9.93. The molecule has 6 heteroatoms. The average Bonchev–Trinajstić information content (AvgIpc) is 3.19. The number of rotatable bonds is 5. The maximum atomic E-state index is 13.2. The number of likely N-dealkylation sites (N-methyl/N-ethyl adjacent to an activating group) is 1. The van der Waals surface area contributed by atoms with E-state index in [1.807, 2.05) is 73.6 Å². The first kappa shape index (κ1) is 21.2. The molecular weight excluding hydrogens is 392 g/mol. The van der Waals surface area contributed by atoms with Gasteiger partial charge in [-0.05, 0) is 63.0 Å². The van der Waals surface area contributed by atoms with Crippen molar-refractivity contribution in [2.45, 2.75) is 19.1 Å². The number of hydrogen-bond acceptors (Lipinski definition) is 5. The van der Waals surface area contributed by atoms with Crippen LogP contribution >= 0.6 is 0 Å². The number of carbonyl (C=O) groups excluding carboxylic acids is 1. The number of fused-ring (bicyclic) bond motifs is 1. The molecule has 1 atom stereocenters. The molecule has 0 bridgehead atoms. The third-order valence-electron chi connectivity index (χ3n) is 5.51. The van der Waals surface area contributed by atoms with Crippen LogP contribution in [0.2, 0.25) is 0 Å². The number of aliphatic hydroxyl groups is 1. The van der Waals surface area contributed by atoms with Gasteiger partial charge >= 0.3 is 0 Å². The number of ether oxygens (including phenoxy) is 1. The number of furan rings is 1. The van der Waals surface area contributed by atoms with E-state index < -0.39 is 5.60 Å². The predicted molar refractivity (Wildman–Crippen MR) is 119 cm³/mol. The van der Waals surface area contributed by atoms with E-state index in [9.17, 15) is 9.90 Å². The minimum atomic E-state index is -0.999. The van der Waals surface area contributed by atoms with Crippen LogP contribution in [-0.4, -0.2) is 54.6 Å². The van der Waals surface area contributed by atoms with Crippen LogP contribution < -0.4 is 4.74 Å². The van der Waals surface area contributed by atoms with E-state index in [0.29, 0.717) is 31.8 Å². The van der Waals surface area contributed by atoms with E-state index in [2.05, 4.69) is 0 Å². The van der Waals surface area contributed by atoms with Crippen molar-refractivity contribution in [2.24, 2.45) is 0 Å². The lowest BCUT2D eigenvalue weighted by Crippen LogP contribution is -2.35. The summed E-state index contributed by atoms with van der Waals surface area (Å²) in [6.45, 7) is 3.65. The Bertz CT molecular complexity index is 1040. The van der Waals surface area contributed by atoms with Crippen LogP contribution in [0.25, 0.3) is 11.3 Å². The van der Waals surface area contributed by atoms with Gasteiger partial charge in [-0.3, -0.25) is 4.79 Å². The van der Waals surface area contributed by atoms with E-state index in [1.54, 1.807) is 18.1 Å². The summed E-state index contributed by atoms with van der Waals surface area (Å²) in [6, 6.07) is 16.9. The third-order valence-corrected chi connectivity index (χ3v) is 5.51. The molecule has 1 unspecified atom stereocenters. The topological polar surface area (TPSA) is 66.2 Å². The molecule has 3 aromatic rings. The van der Waals surface area contributed by atoms with Crippen molar-refractivity contribution in [1.82, 2.24) is 9.80 Å². The molecule has 4 rings (SSSR count). The quantitative estimate of drug-likeness (QED) is 0.681. The summed E-state index contributed by atoms with van der Waals surface area (Å²) in [7, 11) is 3.86. The van der Waals surface area contributed by atoms with Crippen molar-refractivity contribution in [2.75, 3.05) is 33.8 Å². The van der Waals surface area contributed by atoms with Crippen molar-refractivity contribution in [1.29, 1.82) is 0 Å². The van der Waals surface area contributed by atoms with Crippen molar-refractivity contribution in [3.63, 3.8) is 0 Å². The largest absolute Gasteiger partial charge is 0.491 e. The Morgan fingerprint density at radius 2 is 1.94 bits per heavy atom. The van der Waals surface area contributed by atoms with Crippen LogP contribution in [-0.2, 0) is 12.1 Å². The Labute approximate surface area is 182 Å². The van der Waals surface area contributed by atoms with Gasteiger partial charge in [0.25, 0.3) is 5.91 Å². The number of hydrogen-bond donors (Lipinski definition) is 1. The van der Waals surface area contributed by atoms with Crippen molar-refractivity contribution in [3.05, 3.63) is 77.6 Å². The SMILES string of the molecule is CN(C)CC(C)(O)c1ccc2c(c1)CN(C(=O)c1ccc(-c3ccco3)cc1)CCO2. The first-order chi connectivity index (χ1) is 14.8. The van der Waals surface area contributed by atoms with Crippen LogP contribution in [0.3, 0.4) is 0 Å². The van der Waals surface area contributed by atoms with Crippen LogP contribution in [0.15, 0.2) is 65.3 Å². The Morgan fingerprint density at radius 3 is 2.61 bits per heavy atom. The fourth-order valence-electron chi connectivity index (χ4n) is 4.01. The minimum absolute atomic E-state index is 0.0482. The third kappa shape index (κ3) is 4.65. The average molecular weight is 421 g/mol. The molecule has 2 aromatic carbocycles. The van der Waals surface area contributed by atoms with Gasteiger partial charge in [-0.25, -0.2) is 0 Å². The first-order valence-corrected chi connectivity index (χ1v) is 10.4. The summed E-state index contributed by atoms with van der Waals surface area (Å²) in [5, 5.41) is 10.9. The highest BCUT2D eigenvalue weighted by atomic mass is 16.5. The predicted octanol–water partition coefficient (Wildman–Crippen LogP) is 3.75. The lowest BCUT2D eigenvalue weighted by Gasteiger charge is -2.28. The zero-order valence-corrected chi connectivity index (χ0v) is 18.2. The molecule has 1 amide bonds. The highest BCUT2D eigenvalue weighted by Gasteiger charge is 2.27. The second-order valence-corrected chi connectivity index (χ2v) is 8.46. The molecule has 1 N–H and O–H groups in total. The molecule has 0 aliphatic carbocycles. The lowest BCUT2D eigenvalue weighted by molar-refractivity contribution is 0.0299. The summed E-state index contributed by atoms with van der Waals surface area (Å²) in [5.41, 5.74) is 2.25. The van der Waals surface area contributed by atoms with Crippen molar-refractivity contribution < 1.29 is 19.1 Å². The number of benzene rings is 2. The van der Waals surface area contributed by atoms with Gasteiger partial charge in [0.15, 0.2) is 0 Å². The van der Waals surface area contributed by atoms with Crippen LogP contribution in [0.4, 0.5) is 0 Å². The summed E-state index contributed by atoms with van der Waals surface area (Å²) in [6.07, 6.45) is 1.63. The molecule has 162 valence electrons. The molecule has 1 aromatic heterocycles. The van der Waals surface area contributed by atoms with Crippen molar-refractivity contribution >= 4 is 5.91 Å². The van der Waals surface area contributed by atoms with Gasteiger partial charge in [-0.1, -0.05) is 18.2 Å². The molecule has 1 aliphatic heterocycles. The highest BCUT2D eigenvalue weighted by Crippen LogP contribution is 2.30. The Morgan fingerprint density at radius 1 is 1.16 bits per heavy atom. The number of nitrogens with zero attached hydrogens (tertiary/aromatic N) is 2. The second-order valence-electron chi connectivity index (χ2n) is 8.46. The van der Waals surface area contributed by atoms with Crippen molar-refractivity contribution in [3.8, 4) is 17.1 Å². The molecule has 0 saturated carbocycles. The second kappa shape index (κ2) is 8.57. The molecule has 31 heavy (non-hydrogen) atoms. The zero-order valence-electron chi connectivity index (χ0n) is 18.2. The van der Waals surface area contributed by atoms with Gasteiger partial charge in [-0.2, -0.15) is 0 Å². The molecule has 0 spiro atoms. The van der Waals surface area contributed by atoms with E-state index in [0.717, 1.165) is 28.2 Å². The Kier molecular flexibility index (Phi) is 5.85. The highest BCUT2D eigenvalue weighted by molar-refractivity contribution is 5.94. The normalized spacial score (nSPS) is 15.7. The molecule has 6 nitrogen and oxygen atoms in total. The molecule has 2 heterocycles. The van der Waals surface area contributed by atoms with E-state index >= 15 is 0 Å². The van der Waals surface area contributed by atoms with Gasteiger partial charge in [0.1, 0.15) is 18.1 Å². The summed E-state index contributed by atoms with van der Waals surface area (Å²) in [4.78, 5) is 16.9. The number of carbonyl (C=O) groups is 1. The minimum Gasteiger partial charge on any atom is -0.491 e. The maximum Gasteiger partial charge on any atom is 0.254 e. The van der Waals surface area contributed by atoms with Crippen LogP contribution in [0, 0.1) is 0 Å². The maximum absolute atomic E-state index is 13.2. The zero-order chi connectivity index (χ0) is 22.0. The number of amides is 1.